The second kappa shape index (κ2) is 9.32. The summed E-state index contributed by atoms with van der Waals surface area (Å²) in [5, 5.41) is 5.65. The van der Waals surface area contributed by atoms with Crippen molar-refractivity contribution in [3.8, 4) is 0 Å². The zero-order valence-electron chi connectivity index (χ0n) is 9.35. The number of carbonyl (C=O) groups is 1. The third-order valence-electron chi connectivity index (χ3n) is 1.02. The van der Waals surface area contributed by atoms with Gasteiger partial charge in [-0.25, -0.2) is 4.79 Å². The number of hydrogen-bond acceptors (Lipinski definition) is 2. The fourth-order valence-electron chi connectivity index (χ4n) is 0.841. The van der Waals surface area contributed by atoms with Crippen LogP contribution in [0, 0.1) is 0 Å². The van der Waals surface area contributed by atoms with Crippen molar-refractivity contribution in [1.82, 2.24) is 10.6 Å². The Morgan fingerprint density at radius 2 is 1.62 bits per heavy atom. The van der Waals surface area contributed by atoms with Crippen molar-refractivity contribution in [2.45, 2.75) is 46.7 Å². The van der Waals surface area contributed by atoms with E-state index in [1.807, 2.05) is 6.92 Å². The fraction of sp³-hybridized carbons (Fsp3) is 0.889. The molecule has 4 nitrogen and oxygen atoms in total. The first-order valence-corrected chi connectivity index (χ1v) is 4.69. The Balaban J connectivity index is 0. The molecule has 0 unspecified atom stereocenters. The van der Waals surface area contributed by atoms with E-state index < -0.39 is 6.03 Å². The summed E-state index contributed by atoms with van der Waals surface area (Å²) in [6.45, 7) is 11.0. The first-order valence-electron chi connectivity index (χ1n) is 4.69. The van der Waals surface area contributed by atoms with E-state index in [0.29, 0.717) is 18.6 Å². The van der Waals surface area contributed by atoms with E-state index in [9.17, 15) is 4.79 Å². The largest absolute Gasteiger partial charge is 0.352 e. The molecule has 0 aliphatic carbocycles. The van der Waals surface area contributed by atoms with Crippen LogP contribution < -0.4 is 16.4 Å². The highest BCUT2D eigenvalue weighted by Gasteiger charge is 1.92. The molecule has 0 spiro atoms. The van der Waals surface area contributed by atoms with Gasteiger partial charge in [0.2, 0.25) is 0 Å². The predicted molar refractivity (Wildman–Crippen MR) is 56.7 cm³/mol. The van der Waals surface area contributed by atoms with Crippen LogP contribution in [-0.4, -0.2) is 24.7 Å². The third-order valence-corrected chi connectivity index (χ3v) is 1.02. The summed E-state index contributed by atoms with van der Waals surface area (Å²) in [7, 11) is 0. The zero-order chi connectivity index (χ0) is 10.9. The predicted octanol–water partition coefficient (Wildman–Crippen LogP) is 1.07. The molecule has 0 bridgehead atoms. The van der Waals surface area contributed by atoms with Crippen LogP contribution in [-0.2, 0) is 0 Å². The third kappa shape index (κ3) is 24.6. The van der Waals surface area contributed by atoms with Crippen molar-refractivity contribution in [3.63, 3.8) is 0 Å². The smallest absolute Gasteiger partial charge is 0.312 e. The normalized spacial score (nSPS) is 9.46. The van der Waals surface area contributed by atoms with Gasteiger partial charge in [0, 0.05) is 18.6 Å². The van der Waals surface area contributed by atoms with Crippen molar-refractivity contribution in [3.05, 3.63) is 0 Å². The van der Waals surface area contributed by atoms with Crippen LogP contribution in [0.15, 0.2) is 0 Å². The number of primary amides is 1. The van der Waals surface area contributed by atoms with Gasteiger partial charge in [-0.3, -0.25) is 0 Å². The Morgan fingerprint density at radius 1 is 1.23 bits per heavy atom. The summed E-state index contributed by atoms with van der Waals surface area (Å²) in [5.41, 5.74) is 4.65. The molecule has 0 aromatic carbocycles. The molecule has 0 saturated carbocycles. The van der Waals surface area contributed by atoms with Crippen LogP contribution in [0.2, 0.25) is 0 Å². The summed E-state index contributed by atoms with van der Waals surface area (Å²) in [5.74, 6) is 0. The van der Waals surface area contributed by atoms with Gasteiger partial charge in [-0.05, 0) is 6.92 Å². The molecule has 0 radical (unpaired) electrons. The van der Waals surface area contributed by atoms with Crippen molar-refractivity contribution in [2.24, 2.45) is 5.73 Å². The molecule has 4 N–H and O–H groups in total. The van der Waals surface area contributed by atoms with Gasteiger partial charge in [-0.15, -0.1) is 0 Å². The summed E-state index contributed by atoms with van der Waals surface area (Å²) < 4.78 is 0. The highest BCUT2D eigenvalue weighted by atomic mass is 16.2. The Kier molecular flexibility index (Phi) is 10.6. The minimum atomic E-state index is -0.461. The maximum absolute atomic E-state index is 9.71. The van der Waals surface area contributed by atoms with Crippen LogP contribution in [0.4, 0.5) is 4.79 Å². The van der Waals surface area contributed by atoms with E-state index in [2.05, 4.69) is 44.1 Å². The van der Waals surface area contributed by atoms with E-state index in [1.54, 1.807) is 0 Å². The number of nitrogens with one attached hydrogen (secondary N) is 2. The molecule has 2 amide bonds. The maximum Gasteiger partial charge on any atom is 0.312 e. The van der Waals surface area contributed by atoms with Gasteiger partial charge in [-0.2, -0.15) is 0 Å². The maximum atomic E-state index is 9.71. The van der Waals surface area contributed by atoms with Gasteiger partial charge in [-0.1, -0.05) is 27.7 Å². The summed E-state index contributed by atoms with van der Waals surface area (Å²) >= 11 is 0. The molecule has 0 aliphatic heterocycles. The topological polar surface area (TPSA) is 67.2 Å². The van der Waals surface area contributed by atoms with E-state index in [0.717, 1.165) is 0 Å². The lowest BCUT2D eigenvalue weighted by Gasteiger charge is -2.10. The van der Waals surface area contributed by atoms with Gasteiger partial charge in [0.25, 0.3) is 0 Å². The van der Waals surface area contributed by atoms with Gasteiger partial charge >= 0.3 is 6.03 Å². The molecule has 4 heteroatoms. The fourth-order valence-corrected chi connectivity index (χ4v) is 0.841. The molecular weight excluding hydrogens is 166 g/mol. The number of carbonyl (C=O) groups excluding carboxylic acids is 1. The minimum Gasteiger partial charge on any atom is -0.352 e. The lowest BCUT2D eigenvalue weighted by atomic mass is 10.3. The number of rotatable bonds is 3. The molecule has 0 saturated heterocycles. The minimum absolute atomic E-state index is 0.461. The number of amides is 2. The van der Waals surface area contributed by atoms with Crippen molar-refractivity contribution < 1.29 is 4.79 Å². The van der Waals surface area contributed by atoms with Crippen molar-refractivity contribution in [1.29, 1.82) is 0 Å². The van der Waals surface area contributed by atoms with Gasteiger partial charge in [0.15, 0.2) is 0 Å². The molecule has 0 fully saturated rings. The average Bonchev–Trinajstić information content (AvgIpc) is 1.83. The quantitative estimate of drug-likeness (QED) is 0.621. The van der Waals surface area contributed by atoms with Gasteiger partial charge in [0.1, 0.15) is 0 Å². The summed E-state index contributed by atoms with van der Waals surface area (Å²) in [6, 6.07) is 0.789. The van der Waals surface area contributed by atoms with Crippen LogP contribution >= 0.6 is 0 Å². The van der Waals surface area contributed by atoms with Crippen molar-refractivity contribution >= 4 is 6.03 Å². The number of hydrogen-bond donors (Lipinski definition) is 3. The van der Waals surface area contributed by atoms with Crippen LogP contribution in [0.3, 0.4) is 0 Å². The van der Waals surface area contributed by atoms with E-state index in [-0.39, 0.29) is 0 Å². The standard InChI is InChI=1S/C6H15N.C3H8N2O/c1-5(2)7-6(3)4;1-2-5-3(4)6/h5-7H,1-4H3;2H2,1H3,(H3,4,5,6). The molecule has 0 aromatic rings. The number of nitrogens with two attached hydrogens (primary N) is 1. The second-order valence-electron chi connectivity index (χ2n) is 3.37. The average molecular weight is 189 g/mol. The van der Waals surface area contributed by atoms with Crippen LogP contribution in [0.5, 0.6) is 0 Å². The Morgan fingerprint density at radius 3 is 1.62 bits per heavy atom. The molecule has 0 rings (SSSR count). The zero-order valence-corrected chi connectivity index (χ0v) is 9.35. The van der Waals surface area contributed by atoms with Gasteiger partial charge in [0.05, 0.1) is 0 Å². The lowest BCUT2D eigenvalue weighted by molar-refractivity contribution is 0.249. The highest BCUT2D eigenvalue weighted by molar-refractivity contribution is 5.71. The Labute approximate surface area is 81.3 Å². The van der Waals surface area contributed by atoms with E-state index >= 15 is 0 Å². The molecular formula is C9H23N3O. The van der Waals surface area contributed by atoms with Crippen molar-refractivity contribution in [2.75, 3.05) is 6.54 Å². The second-order valence-corrected chi connectivity index (χ2v) is 3.37. The molecule has 0 heterocycles. The number of urea groups is 1. The summed E-state index contributed by atoms with van der Waals surface area (Å²) in [6.07, 6.45) is 0. The monoisotopic (exact) mass is 189 g/mol. The Hall–Kier alpha value is -0.770. The molecule has 13 heavy (non-hydrogen) atoms. The SMILES string of the molecule is CC(C)NC(C)C.CCNC(N)=O. The summed E-state index contributed by atoms with van der Waals surface area (Å²) in [4.78, 5) is 9.71. The first kappa shape index (κ1) is 14.7. The van der Waals surface area contributed by atoms with Crippen LogP contribution in [0.1, 0.15) is 34.6 Å². The van der Waals surface area contributed by atoms with Gasteiger partial charge < -0.3 is 16.4 Å². The first-order chi connectivity index (χ1) is 5.90. The molecule has 0 aliphatic rings. The molecule has 0 atom stereocenters. The van der Waals surface area contributed by atoms with Crippen LogP contribution in [0.25, 0.3) is 0 Å². The lowest BCUT2D eigenvalue weighted by Crippen LogP contribution is -2.29. The Bertz CT molecular complexity index is 118. The molecule has 0 aromatic heterocycles. The molecule has 80 valence electrons. The van der Waals surface area contributed by atoms with E-state index in [1.165, 1.54) is 0 Å². The highest BCUT2D eigenvalue weighted by Crippen LogP contribution is 1.80. The van der Waals surface area contributed by atoms with E-state index in [4.69, 9.17) is 0 Å².